The second-order valence-corrected chi connectivity index (χ2v) is 3.67. The molecule has 4 nitrogen and oxygen atoms in total. The van der Waals surface area contributed by atoms with E-state index in [1.54, 1.807) is 24.3 Å². The van der Waals surface area contributed by atoms with Gasteiger partial charge in [0.1, 0.15) is 0 Å². The van der Waals surface area contributed by atoms with Gasteiger partial charge in [-0.2, -0.15) is 5.10 Å². The Labute approximate surface area is 101 Å². The number of carbonyl (C=O) groups excluding carboxylic acids is 1. The highest BCUT2D eigenvalue weighted by Crippen LogP contribution is 2.11. The summed E-state index contributed by atoms with van der Waals surface area (Å²) in [6.45, 7) is 3.95. The van der Waals surface area contributed by atoms with E-state index in [1.807, 2.05) is 19.9 Å². The van der Waals surface area contributed by atoms with Gasteiger partial charge < -0.3 is 5.11 Å². The van der Waals surface area contributed by atoms with Crippen LogP contribution in [-0.4, -0.2) is 16.7 Å². The Kier molecular flexibility index (Phi) is 5.36. The Morgan fingerprint density at radius 3 is 2.41 bits per heavy atom. The summed E-state index contributed by atoms with van der Waals surface area (Å²) in [7, 11) is 0. The normalized spacial score (nSPS) is 11.7. The number of hydrogen-bond acceptors (Lipinski definition) is 3. The van der Waals surface area contributed by atoms with Crippen LogP contribution < -0.4 is 5.43 Å². The number of nitrogens with zero attached hydrogens (tertiary/aromatic N) is 1. The van der Waals surface area contributed by atoms with Crippen LogP contribution in [0.4, 0.5) is 0 Å². The summed E-state index contributed by atoms with van der Waals surface area (Å²) < 4.78 is 0. The van der Waals surface area contributed by atoms with Crippen molar-refractivity contribution in [3.8, 4) is 0 Å². The van der Waals surface area contributed by atoms with Gasteiger partial charge in [0.15, 0.2) is 6.10 Å². The van der Waals surface area contributed by atoms with Gasteiger partial charge in [-0.15, -0.1) is 0 Å². The molecule has 1 unspecified atom stereocenters. The van der Waals surface area contributed by atoms with Crippen molar-refractivity contribution in [2.45, 2.75) is 32.8 Å². The molecule has 0 fully saturated rings. The molecule has 0 bridgehead atoms. The number of benzene rings is 1. The third-order valence-corrected chi connectivity index (χ3v) is 2.50. The smallest absolute Gasteiger partial charge is 0.273 e. The zero-order valence-electron chi connectivity index (χ0n) is 10.2. The first-order chi connectivity index (χ1) is 8.19. The number of hydrogen-bond donors (Lipinski definition) is 2. The number of aliphatic hydroxyl groups excluding tert-OH is 1. The molecule has 1 atom stereocenters. The summed E-state index contributed by atoms with van der Waals surface area (Å²) in [5.74, 6) is -0.504. The van der Waals surface area contributed by atoms with Gasteiger partial charge in [-0.25, -0.2) is 5.43 Å². The molecule has 0 aromatic heterocycles. The second-order valence-electron chi connectivity index (χ2n) is 3.67. The molecule has 0 saturated heterocycles. The number of nitrogens with one attached hydrogen (secondary N) is 1. The first-order valence-electron chi connectivity index (χ1n) is 5.77. The lowest BCUT2D eigenvalue weighted by molar-refractivity contribution is -0.129. The molecular formula is C13H18N2O2. The van der Waals surface area contributed by atoms with E-state index in [1.165, 1.54) is 0 Å². The molecule has 0 aliphatic carbocycles. The predicted octanol–water partition coefficient (Wildman–Crippen LogP) is 2.01. The monoisotopic (exact) mass is 234 g/mol. The quantitative estimate of drug-likeness (QED) is 0.604. The van der Waals surface area contributed by atoms with E-state index >= 15 is 0 Å². The third kappa shape index (κ3) is 4.00. The van der Waals surface area contributed by atoms with Crippen LogP contribution in [0.5, 0.6) is 0 Å². The molecule has 4 heteroatoms. The SMILES string of the molecule is CCC(CC)=NNC(=O)C(O)c1ccccc1. The summed E-state index contributed by atoms with van der Waals surface area (Å²) in [4.78, 5) is 11.6. The van der Waals surface area contributed by atoms with E-state index < -0.39 is 12.0 Å². The maximum absolute atomic E-state index is 11.6. The van der Waals surface area contributed by atoms with Crippen LogP contribution in [0, 0.1) is 0 Å². The van der Waals surface area contributed by atoms with Gasteiger partial charge in [0.25, 0.3) is 5.91 Å². The molecule has 17 heavy (non-hydrogen) atoms. The average Bonchev–Trinajstić information content (AvgIpc) is 2.39. The summed E-state index contributed by atoms with van der Waals surface area (Å²) in [5.41, 5.74) is 3.85. The maximum atomic E-state index is 11.6. The average molecular weight is 234 g/mol. The van der Waals surface area contributed by atoms with E-state index in [-0.39, 0.29) is 0 Å². The molecular weight excluding hydrogens is 216 g/mol. The number of amides is 1. The molecule has 0 heterocycles. The van der Waals surface area contributed by atoms with Crippen molar-refractivity contribution >= 4 is 11.6 Å². The van der Waals surface area contributed by atoms with Gasteiger partial charge >= 0.3 is 0 Å². The highest BCUT2D eigenvalue weighted by Gasteiger charge is 2.16. The molecule has 0 radical (unpaired) electrons. The predicted molar refractivity (Wildman–Crippen MR) is 67.6 cm³/mol. The van der Waals surface area contributed by atoms with Crippen molar-refractivity contribution in [3.63, 3.8) is 0 Å². The molecule has 92 valence electrons. The van der Waals surface area contributed by atoms with Crippen molar-refractivity contribution in [2.75, 3.05) is 0 Å². The molecule has 0 spiro atoms. The van der Waals surface area contributed by atoms with E-state index in [0.717, 1.165) is 18.6 Å². The molecule has 0 aliphatic heterocycles. The van der Waals surface area contributed by atoms with Gasteiger partial charge in [0.05, 0.1) is 0 Å². The van der Waals surface area contributed by atoms with E-state index in [9.17, 15) is 9.90 Å². The lowest BCUT2D eigenvalue weighted by Crippen LogP contribution is -2.26. The van der Waals surface area contributed by atoms with Crippen molar-refractivity contribution in [3.05, 3.63) is 35.9 Å². The first kappa shape index (κ1) is 13.4. The second kappa shape index (κ2) is 6.81. The van der Waals surface area contributed by atoms with Crippen LogP contribution in [0.25, 0.3) is 0 Å². The summed E-state index contributed by atoms with van der Waals surface area (Å²) in [6.07, 6.45) is 0.408. The largest absolute Gasteiger partial charge is 0.378 e. The van der Waals surface area contributed by atoms with Crippen molar-refractivity contribution < 1.29 is 9.90 Å². The van der Waals surface area contributed by atoms with Crippen LogP contribution in [0.3, 0.4) is 0 Å². The van der Waals surface area contributed by atoms with Crippen molar-refractivity contribution in [2.24, 2.45) is 5.10 Å². The lowest BCUT2D eigenvalue weighted by Gasteiger charge is -2.09. The minimum atomic E-state index is -1.17. The van der Waals surface area contributed by atoms with Crippen LogP contribution in [0.2, 0.25) is 0 Å². The number of aliphatic hydroxyl groups is 1. The molecule has 1 aromatic carbocycles. The topological polar surface area (TPSA) is 61.7 Å². The van der Waals surface area contributed by atoms with Gasteiger partial charge in [0.2, 0.25) is 0 Å². The Morgan fingerprint density at radius 2 is 1.88 bits per heavy atom. The first-order valence-corrected chi connectivity index (χ1v) is 5.77. The van der Waals surface area contributed by atoms with Gasteiger partial charge in [-0.05, 0) is 18.4 Å². The van der Waals surface area contributed by atoms with E-state index in [4.69, 9.17) is 0 Å². The Hall–Kier alpha value is -1.68. The zero-order valence-corrected chi connectivity index (χ0v) is 10.2. The van der Waals surface area contributed by atoms with Gasteiger partial charge in [-0.1, -0.05) is 44.2 Å². The van der Waals surface area contributed by atoms with Crippen molar-refractivity contribution in [1.82, 2.24) is 5.43 Å². The third-order valence-electron chi connectivity index (χ3n) is 2.50. The number of carbonyl (C=O) groups is 1. The van der Waals surface area contributed by atoms with Crippen LogP contribution >= 0.6 is 0 Å². The van der Waals surface area contributed by atoms with E-state index in [2.05, 4.69) is 10.5 Å². The maximum Gasteiger partial charge on any atom is 0.273 e. The summed E-state index contributed by atoms with van der Waals surface area (Å²) in [5, 5.41) is 13.7. The van der Waals surface area contributed by atoms with Crippen LogP contribution in [-0.2, 0) is 4.79 Å². The van der Waals surface area contributed by atoms with E-state index in [0.29, 0.717) is 5.56 Å². The molecule has 1 rings (SSSR count). The van der Waals surface area contributed by atoms with Crippen LogP contribution in [0.15, 0.2) is 35.4 Å². The molecule has 0 saturated carbocycles. The molecule has 0 aliphatic rings. The number of rotatable bonds is 5. The molecule has 1 aromatic rings. The standard InChI is InChI=1S/C13H18N2O2/c1-3-11(4-2)14-15-13(17)12(16)10-8-6-5-7-9-10/h5-9,12,16H,3-4H2,1-2H3,(H,15,17). The zero-order chi connectivity index (χ0) is 12.7. The van der Waals surface area contributed by atoms with Crippen LogP contribution in [0.1, 0.15) is 38.4 Å². The molecule has 2 N–H and O–H groups in total. The fourth-order valence-electron chi connectivity index (χ4n) is 1.39. The van der Waals surface area contributed by atoms with Gasteiger partial charge in [-0.3, -0.25) is 4.79 Å². The van der Waals surface area contributed by atoms with Gasteiger partial charge in [0, 0.05) is 5.71 Å². The number of hydrazone groups is 1. The fourth-order valence-corrected chi connectivity index (χ4v) is 1.39. The summed E-state index contributed by atoms with van der Waals surface area (Å²) >= 11 is 0. The minimum Gasteiger partial charge on any atom is -0.378 e. The highest BCUT2D eigenvalue weighted by atomic mass is 16.3. The summed E-state index contributed by atoms with van der Waals surface area (Å²) in [6, 6.07) is 8.79. The fraction of sp³-hybridized carbons (Fsp3) is 0.385. The minimum absolute atomic E-state index is 0.504. The Morgan fingerprint density at radius 1 is 1.29 bits per heavy atom. The van der Waals surface area contributed by atoms with Crippen molar-refractivity contribution in [1.29, 1.82) is 0 Å². The Bertz CT molecular complexity index is 382. The Balaban J connectivity index is 2.62. The highest BCUT2D eigenvalue weighted by molar-refractivity contribution is 5.87. The lowest BCUT2D eigenvalue weighted by atomic mass is 10.1. The molecule has 1 amide bonds.